The van der Waals surface area contributed by atoms with Crippen LogP contribution in [0, 0.1) is 0 Å². The molecule has 5 rings (SSSR count). The minimum Gasteiger partial charge on any atom is -0.317 e. The van der Waals surface area contributed by atoms with Gasteiger partial charge in [0, 0.05) is 0 Å². The van der Waals surface area contributed by atoms with Gasteiger partial charge in [-0.2, -0.15) is 0 Å². The van der Waals surface area contributed by atoms with E-state index >= 15 is 0 Å². The van der Waals surface area contributed by atoms with Gasteiger partial charge in [-0.3, -0.25) is 0 Å². The molecule has 0 radical (unpaired) electrons. The van der Waals surface area contributed by atoms with E-state index in [1.165, 1.54) is 84.3 Å². The highest BCUT2D eigenvalue weighted by Gasteiger charge is 2.13. The van der Waals surface area contributed by atoms with E-state index in [0.29, 0.717) is 0 Å². The number of rotatable bonds is 0. The average molecular weight is 317 g/mol. The maximum Gasteiger partial charge on any atom is -0.00489 e. The van der Waals surface area contributed by atoms with Crippen molar-refractivity contribution in [3.05, 3.63) is 58.0 Å². The van der Waals surface area contributed by atoms with Gasteiger partial charge in [-0.1, -0.05) is 55.0 Å². The Morgan fingerprint density at radius 1 is 0.667 bits per heavy atom. The van der Waals surface area contributed by atoms with Gasteiger partial charge >= 0.3 is 0 Å². The molecular weight excluding hydrogens is 290 g/mol. The van der Waals surface area contributed by atoms with Gasteiger partial charge in [0.1, 0.15) is 0 Å². The Kier molecular flexibility index (Phi) is 4.80. The van der Waals surface area contributed by atoms with E-state index < -0.39 is 0 Å². The second-order valence-electron chi connectivity index (χ2n) is 7.07. The van der Waals surface area contributed by atoms with E-state index in [2.05, 4.69) is 53.9 Å². The van der Waals surface area contributed by atoms with Crippen LogP contribution in [0.3, 0.4) is 0 Å². The summed E-state index contributed by atoms with van der Waals surface area (Å²) in [6.07, 6.45) is 13.9. The van der Waals surface area contributed by atoms with Gasteiger partial charge in [0.05, 0.1) is 0 Å². The van der Waals surface area contributed by atoms with Crippen molar-refractivity contribution in [3.63, 3.8) is 0 Å². The number of nitrogens with one attached hydrogen (secondary N) is 1. The van der Waals surface area contributed by atoms with Crippen LogP contribution in [0.15, 0.2) is 36.4 Å². The molecule has 3 aliphatic rings. The summed E-state index contributed by atoms with van der Waals surface area (Å²) in [5.74, 6) is 0. The lowest BCUT2D eigenvalue weighted by molar-refractivity contribution is 0.520. The predicted octanol–water partition coefficient (Wildman–Crippen LogP) is 3.57. The molecule has 24 heavy (non-hydrogen) atoms. The summed E-state index contributed by atoms with van der Waals surface area (Å²) in [4.78, 5) is 0. The molecule has 2 aromatic carbocycles. The van der Waals surface area contributed by atoms with E-state index in [4.69, 9.17) is 0 Å². The lowest BCUT2D eigenvalue weighted by Crippen LogP contribution is -2.33. The van der Waals surface area contributed by atoms with Crippen molar-refractivity contribution in [2.75, 3.05) is 13.1 Å². The number of fused-ring (bicyclic) bond motifs is 5. The van der Waals surface area contributed by atoms with E-state index in [1.807, 2.05) is 0 Å². The van der Waals surface area contributed by atoms with E-state index in [9.17, 15) is 0 Å². The van der Waals surface area contributed by atoms with Crippen molar-refractivity contribution in [1.29, 1.82) is 0 Å². The number of benzene rings is 2. The number of hydrogen-bond donors (Lipinski definition) is 1. The maximum atomic E-state index is 3.28. The van der Waals surface area contributed by atoms with E-state index in [1.54, 1.807) is 0 Å². The zero-order valence-electron chi connectivity index (χ0n) is 14.5. The van der Waals surface area contributed by atoms with Gasteiger partial charge in [0.2, 0.25) is 0 Å². The van der Waals surface area contributed by atoms with Crippen LogP contribution in [0.2, 0.25) is 0 Å². The van der Waals surface area contributed by atoms with Crippen molar-refractivity contribution in [2.24, 2.45) is 0 Å². The zero-order chi connectivity index (χ0) is 16.2. The Labute approximate surface area is 145 Å². The summed E-state index contributed by atoms with van der Waals surface area (Å²) in [5.41, 5.74) is 5.85. The number of hydrogen-bond acceptors (Lipinski definition) is 1. The van der Waals surface area contributed by atoms with Crippen LogP contribution in [0.4, 0.5) is 0 Å². The van der Waals surface area contributed by atoms with Crippen molar-refractivity contribution in [3.8, 4) is 11.1 Å². The molecule has 0 saturated carbocycles. The Morgan fingerprint density at radius 3 is 2.33 bits per heavy atom. The fourth-order valence-corrected chi connectivity index (χ4v) is 4.11. The SMILES string of the molecule is C1=c2c(ccc3c2=CCc2ccccc2-3)CCC1.C1CCNCC1. The monoisotopic (exact) mass is 317 g/mol. The lowest BCUT2D eigenvalue weighted by Gasteiger charge is -2.17. The second kappa shape index (κ2) is 7.36. The summed E-state index contributed by atoms with van der Waals surface area (Å²) in [5, 5.41) is 6.27. The molecule has 1 nitrogen and oxygen atoms in total. The van der Waals surface area contributed by atoms with Crippen LogP contribution in [0.5, 0.6) is 0 Å². The standard InChI is InChI=1S/C18H16.C5H11N/c1-3-7-15-13(5-1)9-11-18-16-8-4-2-6-14(16)10-12-17(15)18;1-2-4-6-5-3-1/h1,3,5,7-8,10-12H,2,4,6,9H2;6H,1-5H2. The highest BCUT2D eigenvalue weighted by molar-refractivity contribution is 5.74. The molecule has 0 bridgehead atoms. The van der Waals surface area contributed by atoms with Gasteiger partial charge in [-0.15, -0.1) is 0 Å². The molecule has 124 valence electrons. The first-order valence-corrected chi connectivity index (χ1v) is 9.55. The van der Waals surface area contributed by atoms with Gasteiger partial charge < -0.3 is 5.32 Å². The molecule has 1 aliphatic heterocycles. The van der Waals surface area contributed by atoms with Crippen LogP contribution < -0.4 is 15.8 Å². The van der Waals surface area contributed by atoms with Gasteiger partial charge in [-0.25, -0.2) is 0 Å². The molecule has 0 amide bonds. The molecule has 0 unspecified atom stereocenters. The van der Waals surface area contributed by atoms with Crippen molar-refractivity contribution in [1.82, 2.24) is 5.32 Å². The number of piperidine rings is 1. The molecule has 1 fully saturated rings. The predicted molar refractivity (Wildman–Crippen MR) is 103 cm³/mol. The quantitative estimate of drug-likeness (QED) is 0.783. The first kappa shape index (κ1) is 15.7. The average Bonchev–Trinajstić information content (AvgIpc) is 2.69. The molecule has 0 spiro atoms. The normalized spacial score (nSPS) is 17.8. The first-order chi connectivity index (χ1) is 11.9. The summed E-state index contributed by atoms with van der Waals surface area (Å²) in [6.45, 7) is 2.50. The molecule has 1 heterocycles. The Balaban J connectivity index is 0.000000207. The summed E-state index contributed by atoms with van der Waals surface area (Å²) in [7, 11) is 0. The van der Waals surface area contributed by atoms with Gasteiger partial charge in [-0.05, 0) is 84.3 Å². The molecular formula is C23H27N. The Hall–Kier alpha value is -1.86. The van der Waals surface area contributed by atoms with Gasteiger partial charge in [0.25, 0.3) is 0 Å². The van der Waals surface area contributed by atoms with E-state index in [0.717, 1.165) is 6.42 Å². The van der Waals surface area contributed by atoms with Crippen LogP contribution in [0.1, 0.15) is 43.2 Å². The molecule has 1 heteroatoms. The topological polar surface area (TPSA) is 12.0 Å². The summed E-state index contributed by atoms with van der Waals surface area (Å²) >= 11 is 0. The minimum atomic E-state index is 1.08. The van der Waals surface area contributed by atoms with Crippen molar-refractivity contribution >= 4 is 12.2 Å². The third-order valence-electron chi connectivity index (χ3n) is 5.42. The van der Waals surface area contributed by atoms with Crippen LogP contribution in [-0.2, 0) is 12.8 Å². The summed E-state index contributed by atoms with van der Waals surface area (Å²) < 4.78 is 0. The fraction of sp³-hybridized carbons (Fsp3) is 0.391. The zero-order valence-corrected chi connectivity index (χ0v) is 14.5. The minimum absolute atomic E-state index is 1.08. The highest BCUT2D eigenvalue weighted by atomic mass is 14.9. The second-order valence-corrected chi connectivity index (χ2v) is 7.07. The molecule has 0 atom stereocenters. The summed E-state index contributed by atoms with van der Waals surface area (Å²) in [6, 6.07) is 13.5. The molecule has 1 saturated heterocycles. The van der Waals surface area contributed by atoms with Crippen molar-refractivity contribution in [2.45, 2.75) is 44.9 Å². The van der Waals surface area contributed by atoms with Crippen LogP contribution in [0.25, 0.3) is 23.3 Å². The number of aryl methyl sites for hydroxylation is 1. The Morgan fingerprint density at radius 2 is 1.54 bits per heavy atom. The molecule has 2 aliphatic carbocycles. The van der Waals surface area contributed by atoms with Crippen molar-refractivity contribution < 1.29 is 0 Å². The molecule has 2 aromatic rings. The third kappa shape index (κ3) is 3.18. The smallest absolute Gasteiger partial charge is 0.00489 e. The highest BCUT2D eigenvalue weighted by Crippen LogP contribution is 2.24. The fourth-order valence-electron chi connectivity index (χ4n) is 4.11. The van der Waals surface area contributed by atoms with E-state index in [-0.39, 0.29) is 0 Å². The van der Waals surface area contributed by atoms with Gasteiger partial charge in [0.15, 0.2) is 0 Å². The molecule has 1 N–H and O–H groups in total. The largest absolute Gasteiger partial charge is 0.317 e. The lowest BCUT2D eigenvalue weighted by atomic mass is 9.87. The Bertz CT molecular complexity index is 816. The molecule has 0 aromatic heterocycles. The van der Waals surface area contributed by atoms with Crippen LogP contribution >= 0.6 is 0 Å². The maximum absolute atomic E-state index is 3.28. The third-order valence-corrected chi connectivity index (χ3v) is 5.42. The van der Waals surface area contributed by atoms with Crippen LogP contribution in [-0.4, -0.2) is 13.1 Å². The first-order valence-electron chi connectivity index (χ1n) is 9.55.